The van der Waals surface area contributed by atoms with Crippen molar-refractivity contribution < 1.29 is 0 Å². The van der Waals surface area contributed by atoms with Gasteiger partial charge in [0, 0.05) is 13.2 Å². The Labute approximate surface area is 85.7 Å². The highest BCUT2D eigenvalue weighted by molar-refractivity contribution is 5.35. The van der Waals surface area contributed by atoms with Gasteiger partial charge in [-0.05, 0) is 43.0 Å². The molecule has 0 unspecified atom stereocenters. The van der Waals surface area contributed by atoms with Crippen LogP contribution in [0.25, 0.3) is 0 Å². The van der Waals surface area contributed by atoms with Crippen LogP contribution in [0, 0.1) is 0 Å². The summed E-state index contributed by atoms with van der Waals surface area (Å²) in [4.78, 5) is 0. The third-order valence-electron chi connectivity index (χ3n) is 2.79. The Balaban J connectivity index is 1.98. The third kappa shape index (κ3) is 2.14. The molecular weight excluding hydrogens is 172 g/mol. The standard InChI is InChI=1S/C12H18N2/c1-13-9-14-8-10-5-6-11-3-2-4-12(11)7-10/h5-7,13-14H,2-4,8-9H2,1H3. The summed E-state index contributed by atoms with van der Waals surface area (Å²) in [6.07, 6.45) is 3.89. The highest BCUT2D eigenvalue weighted by Crippen LogP contribution is 2.22. The van der Waals surface area contributed by atoms with Gasteiger partial charge in [0.05, 0.1) is 0 Å². The molecule has 2 rings (SSSR count). The zero-order valence-corrected chi connectivity index (χ0v) is 8.77. The molecule has 0 spiro atoms. The Morgan fingerprint density at radius 1 is 1.21 bits per heavy atom. The van der Waals surface area contributed by atoms with Gasteiger partial charge in [-0.1, -0.05) is 18.2 Å². The van der Waals surface area contributed by atoms with Gasteiger partial charge in [0.15, 0.2) is 0 Å². The summed E-state index contributed by atoms with van der Waals surface area (Å²) in [5.74, 6) is 0. The first-order valence-electron chi connectivity index (χ1n) is 5.36. The Kier molecular flexibility index (Phi) is 3.17. The predicted molar refractivity (Wildman–Crippen MR) is 59.2 cm³/mol. The largest absolute Gasteiger partial charge is 0.308 e. The highest BCUT2D eigenvalue weighted by atomic mass is 15.0. The lowest BCUT2D eigenvalue weighted by atomic mass is 10.1. The summed E-state index contributed by atoms with van der Waals surface area (Å²) in [6.45, 7) is 1.84. The van der Waals surface area contributed by atoms with Gasteiger partial charge >= 0.3 is 0 Å². The van der Waals surface area contributed by atoms with Crippen molar-refractivity contribution in [2.75, 3.05) is 13.7 Å². The van der Waals surface area contributed by atoms with Crippen molar-refractivity contribution in [2.45, 2.75) is 25.8 Å². The maximum Gasteiger partial charge on any atom is 0.0454 e. The van der Waals surface area contributed by atoms with E-state index in [1.54, 1.807) is 11.1 Å². The minimum absolute atomic E-state index is 0.872. The van der Waals surface area contributed by atoms with Gasteiger partial charge in [-0.3, -0.25) is 0 Å². The van der Waals surface area contributed by atoms with Gasteiger partial charge in [-0.15, -0.1) is 0 Å². The first-order valence-corrected chi connectivity index (χ1v) is 5.36. The fraction of sp³-hybridized carbons (Fsp3) is 0.500. The molecule has 1 aliphatic carbocycles. The second kappa shape index (κ2) is 4.58. The van der Waals surface area contributed by atoms with E-state index in [-0.39, 0.29) is 0 Å². The van der Waals surface area contributed by atoms with Crippen LogP contribution in [0.3, 0.4) is 0 Å². The Hall–Kier alpha value is -0.860. The van der Waals surface area contributed by atoms with Crippen LogP contribution < -0.4 is 10.6 Å². The second-order valence-corrected chi connectivity index (χ2v) is 3.91. The molecular formula is C12H18N2. The number of benzene rings is 1. The van der Waals surface area contributed by atoms with Crippen LogP contribution in [-0.2, 0) is 19.4 Å². The van der Waals surface area contributed by atoms with Crippen LogP contribution in [0.4, 0.5) is 0 Å². The van der Waals surface area contributed by atoms with E-state index in [4.69, 9.17) is 0 Å². The van der Waals surface area contributed by atoms with Crippen LogP contribution in [-0.4, -0.2) is 13.7 Å². The molecule has 1 aromatic rings. The van der Waals surface area contributed by atoms with Gasteiger partial charge in [-0.2, -0.15) is 0 Å². The van der Waals surface area contributed by atoms with E-state index in [1.807, 2.05) is 7.05 Å². The molecule has 1 aromatic carbocycles. The number of aryl methyl sites for hydroxylation is 2. The van der Waals surface area contributed by atoms with Crippen LogP contribution in [0.1, 0.15) is 23.1 Å². The monoisotopic (exact) mass is 190 g/mol. The van der Waals surface area contributed by atoms with E-state index in [2.05, 4.69) is 28.8 Å². The van der Waals surface area contributed by atoms with E-state index in [0.29, 0.717) is 0 Å². The summed E-state index contributed by atoms with van der Waals surface area (Å²) in [5, 5.41) is 6.41. The van der Waals surface area contributed by atoms with Crippen LogP contribution >= 0.6 is 0 Å². The van der Waals surface area contributed by atoms with Gasteiger partial charge < -0.3 is 10.6 Å². The van der Waals surface area contributed by atoms with E-state index in [1.165, 1.54) is 24.8 Å². The first-order chi connectivity index (χ1) is 6.90. The quantitative estimate of drug-likeness (QED) is 0.554. The summed E-state index contributed by atoms with van der Waals surface area (Å²) >= 11 is 0. The molecule has 0 radical (unpaired) electrons. The molecule has 14 heavy (non-hydrogen) atoms. The van der Waals surface area contributed by atoms with Crippen molar-refractivity contribution in [3.05, 3.63) is 34.9 Å². The smallest absolute Gasteiger partial charge is 0.0454 e. The van der Waals surface area contributed by atoms with Crippen LogP contribution in [0.2, 0.25) is 0 Å². The third-order valence-corrected chi connectivity index (χ3v) is 2.79. The predicted octanol–water partition coefficient (Wildman–Crippen LogP) is 1.44. The first kappa shape index (κ1) is 9.69. The summed E-state index contributed by atoms with van der Waals surface area (Å²) in [5.41, 5.74) is 4.53. The molecule has 2 nitrogen and oxygen atoms in total. The molecule has 0 saturated carbocycles. The average molecular weight is 190 g/mol. The van der Waals surface area contributed by atoms with Crippen molar-refractivity contribution in [1.29, 1.82) is 0 Å². The van der Waals surface area contributed by atoms with E-state index < -0.39 is 0 Å². The minimum Gasteiger partial charge on any atom is -0.308 e. The number of fused-ring (bicyclic) bond motifs is 1. The van der Waals surface area contributed by atoms with Crippen molar-refractivity contribution >= 4 is 0 Å². The van der Waals surface area contributed by atoms with Gasteiger partial charge in [0.25, 0.3) is 0 Å². The summed E-state index contributed by atoms with van der Waals surface area (Å²) < 4.78 is 0. The molecule has 0 heterocycles. The lowest BCUT2D eigenvalue weighted by molar-refractivity contribution is 0.631. The summed E-state index contributed by atoms with van der Waals surface area (Å²) in [7, 11) is 1.95. The SMILES string of the molecule is CNCNCc1ccc2c(c1)CCC2. The highest BCUT2D eigenvalue weighted by Gasteiger charge is 2.10. The van der Waals surface area contributed by atoms with E-state index in [0.717, 1.165) is 13.2 Å². The Morgan fingerprint density at radius 3 is 2.93 bits per heavy atom. The second-order valence-electron chi connectivity index (χ2n) is 3.91. The van der Waals surface area contributed by atoms with Crippen molar-refractivity contribution in [2.24, 2.45) is 0 Å². The maximum absolute atomic E-state index is 3.33. The maximum atomic E-state index is 3.33. The van der Waals surface area contributed by atoms with Crippen LogP contribution in [0.5, 0.6) is 0 Å². The lowest BCUT2D eigenvalue weighted by Gasteiger charge is -2.06. The molecule has 0 aromatic heterocycles. The topological polar surface area (TPSA) is 24.1 Å². The number of rotatable bonds is 4. The normalized spacial score (nSPS) is 14.4. The molecule has 2 N–H and O–H groups in total. The van der Waals surface area contributed by atoms with Gasteiger partial charge in [0.1, 0.15) is 0 Å². The number of hydrogen-bond acceptors (Lipinski definition) is 2. The zero-order valence-electron chi connectivity index (χ0n) is 8.77. The molecule has 0 atom stereocenters. The number of nitrogens with one attached hydrogen (secondary N) is 2. The fourth-order valence-electron chi connectivity index (χ4n) is 2.07. The molecule has 2 heteroatoms. The summed E-state index contributed by atoms with van der Waals surface area (Å²) in [6, 6.07) is 6.89. The molecule has 0 aliphatic heterocycles. The molecule has 0 saturated heterocycles. The Morgan fingerprint density at radius 2 is 2.07 bits per heavy atom. The van der Waals surface area contributed by atoms with Crippen LogP contribution in [0.15, 0.2) is 18.2 Å². The number of hydrogen-bond donors (Lipinski definition) is 2. The molecule has 0 amide bonds. The molecule has 1 aliphatic rings. The average Bonchev–Trinajstić information content (AvgIpc) is 2.65. The van der Waals surface area contributed by atoms with E-state index in [9.17, 15) is 0 Å². The molecule has 76 valence electrons. The van der Waals surface area contributed by atoms with Gasteiger partial charge in [-0.25, -0.2) is 0 Å². The minimum atomic E-state index is 0.872. The van der Waals surface area contributed by atoms with E-state index >= 15 is 0 Å². The van der Waals surface area contributed by atoms with Crippen molar-refractivity contribution in [1.82, 2.24) is 10.6 Å². The molecule has 0 fully saturated rings. The zero-order chi connectivity index (χ0) is 9.80. The molecule has 0 bridgehead atoms. The Bertz CT molecular complexity index is 307. The van der Waals surface area contributed by atoms with Crippen molar-refractivity contribution in [3.8, 4) is 0 Å². The fourth-order valence-corrected chi connectivity index (χ4v) is 2.07. The van der Waals surface area contributed by atoms with Crippen molar-refractivity contribution in [3.63, 3.8) is 0 Å². The van der Waals surface area contributed by atoms with Gasteiger partial charge in [0.2, 0.25) is 0 Å². The lowest BCUT2D eigenvalue weighted by Crippen LogP contribution is -2.25.